The molecule has 1 aromatic heterocycles. The van der Waals surface area contributed by atoms with Gasteiger partial charge in [-0.15, -0.1) is 0 Å². The minimum Gasteiger partial charge on any atom is -0.348 e. The van der Waals surface area contributed by atoms with Crippen LogP contribution in [-0.4, -0.2) is 40.7 Å². The number of piperidine rings is 1. The van der Waals surface area contributed by atoms with Crippen LogP contribution in [0.5, 0.6) is 0 Å². The number of rotatable bonds is 4. The highest BCUT2D eigenvalue weighted by Gasteiger charge is 2.41. The van der Waals surface area contributed by atoms with Crippen LogP contribution in [0.25, 0.3) is 0 Å². The second kappa shape index (κ2) is 7.90. The van der Waals surface area contributed by atoms with Crippen LogP contribution in [0.4, 0.5) is 17.6 Å². The van der Waals surface area contributed by atoms with Crippen molar-refractivity contribution in [3.63, 3.8) is 0 Å². The van der Waals surface area contributed by atoms with Crippen molar-refractivity contribution in [3.8, 4) is 0 Å². The molecule has 1 aromatic carbocycles. The van der Waals surface area contributed by atoms with Crippen LogP contribution in [0, 0.1) is 12.7 Å². The standard InChI is InChI=1S/C19H22F4N4O/c1-12-16(18(28)24-10-13-5-7-14(20)8-6-13)17(19(21,22)23)25-27(12)15-4-3-9-26(2)11-15/h5-8,15H,3-4,9-11H2,1-2H3,(H,24,28). The minimum absolute atomic E-state index is 0.00675. The molecule has 0 saturated carbocycles. The van der Waals surface area contributed by atoms with Crippen LogP contribution >= 0.6 is 0 Å². The minimum atomic E-state index is -4.74. The molecule has 0 aliphatic carbocycles. The van der Waals surface area contributed by atoms with Gasteiger partial charge in [0.1, 0.15) is 5.82 Å². The lowest BCUT2D eigenvalue weighted by Crippen LogP contribution is -2.34. The van der Waals surface area contributed by atoms with Crippen LogP contribution in [0.1, 0.15) is 46.2 Å². The fourth-order valence-corrected chi connectivity index (χ4v) is 3.56. The number of alkyl halides is 3. The van der Waals surface area contributed by atoms with Gasteiger partial charge in [-0.25, -0.2) is 4.39 Å². The second-order valence-corrected chi connectivity index (χ2v) is 7.12. The van der Waals surface area contributed by atoms with Crippen molar-refractivity contribution >= 4 is 5.91 Å². The van der Waals surface area contributed by atoms with Crippen LogP contribution in [0.15, 0.2) is 24.3 Å². The van der Waals surface area contributed by atoms with E-state index < -0.39 is 29.2 Å². The highest BCUT2D eigenvalue weighted by Crippen LogP contribution is 2.34. The Hall–Kier alpha value is -2.42. The first kappa shape index (κ1) is 20.3. The molecular weight excluding hydrogens is 376 g/mol. The maximum Gasteiger partial charge on any atom is 0.435 e. The third kappa shape index (κ3) is 4.35. The van der Waals surface area contributed by atoms with Gasteiger partial charge >= 0.3 is 6.18 Å². The number of halogens is 4. The Kier molecular flexibility index (Phi) is 5.74. The van der Waals surface area contributed by atoms with E-state index in [-0.39, 0.29) is 18.3 Å². The fourth-order valence-electron chi connectivity index (χ4n) is 3.56. The number of likely N-dealkylation sites (N-methyl/N-ethyl adjacent to an activating group) is 1. The Morgan fingerprint density at radius 3 is 2.57 bits per heavy atom. The van der Waals surface area contributed by atoms with Gasteiger partial charge in [0.15, 0.2) is 5.69 Å². The molecule has 0 spiro atoms. The summed E-state index contributed by atoms with van der Waals surface area (Å²) in [5, 5.41) is 6.27. The number of aromatic nitrogens is 2. The molecule has 2 aromatic rings. The highest BCUT2D eigenvalue weighted by atomic mass is 19.4. The molecule has 1 atom stereocenters. The monoisotopic (exact) mass is 398 g/mol. The van der Waals surface area contributed by atoms with Crippen molar-refractivity contribution < 1.29 is 22.4 Å². The van der Waals surface area contributed by atoms with Crippen molar-refractivity contribution in [2.75, 3.05) is 20.1 Å². The SMILES string of the molecule is Cc1c(C(=O)NCc2ccc(F)cc2)c(C(F)(F)F)nn1C1CCCN(C)C1. The lowest BCUT2D eigenvalue weighted by molar-refractivity contribution is -0.142. The van der Waals surface area contributed by atoms with E-state index in [2.05, 4.69) is 10.4 Å². The van der Waals surface area contributed by atoms with E-state index in [4.69, 9.17) is 0 Å². The number of nitrogens with zero attached hydrogens (tertiary/aromatic N) is 3. The van der Waals surface area contributed by atoms with Gasteiger partial charge < -0.3 is 10.2 Å². The molecule has 1 N–H and O–H groups in total. The number of carbonyl (C=O) groups is 1. The summed E-state index contributed by atoms with van der Waals surface area (Å²) in [5.41, 5.74) is -0.843. The van der Waals surface area contributed by atoms with Crippen molar-refractivity contribution in [1.82, 2.24) is 20.0 Å². The number of hydrogen-bond donors (Lipinski definition) is 1. The first-order valence-corrected chi connectivity index (χ1v) is 9.04. The maximum atomic E-state index is 13.5. The van der Waals surface area contributed by atoms with Crippen LogP contribution < -0.4 is 5.32 Å². The van der Waals surface area contributed by atoms with Gasteiger partial charge in [-0.2, -0.15) is 18.3 Å². The predicted octanol–water partition coefficient (Wildman–Crippen LogP) is 3.55. The van der Waals surface area contributed by atoms with Crippen molar-refractivity contribution in [2.45, 2.75) is 38.5 Å². The average Bonchev–Trinajstić information content (AvgIpc) is 2.99. The molecule has 1 saturated heterocycles. The highest BCUT2D eigenvalue weighted by molar-refractivity contribution is 5.96. The Bertz CT molecular complexity index is 845. The number of nitrogens with one attached hydrogen (secondary N) is 1. The molecule has 2 heterocycles. The van der Waals surface area contributed by atoms with Gasteiger partial charge in [-0.1, -0.05) is 12.1 Å². The van der Waals surface area contributed by atoms with Gasteiger partial charge in [-0.05, 0) is 51.1 Å². The quantitative estimate of drug-likeness (QED) is 0.802. The normalized spacial score (nSPS) is 18.3. The molecule has 1 amide bonds. The van der Waals surface area contributed by atoms with E-state index in [0.717, 1.165) is 13.0 Å². The molecule has 152 valence electrons. The molecule has 1 unspecified atom stereocenters. The summed E-state index contributed by atoms with van der Waals surface area (Å²) in [6, 6.07) is 5.18. The summed E-state index contributed by atoms with van der Waals surface area (Å²) in [6.45, 7) is 2.95. The van der Waals surface area contributed by atoms with Crippen LogP contribution in [0.3, 0.4) is 0 Å². The zero-order valence-corrected chi connectivity index (χ0v) is 15.7. The third-order valence-electron chi connectivity index (χ3n) is 4.96. The molecule has 1 aliphatic rings. The van der Waals surface area contributed by atoms with E-state index in [1.165, 1.54) is 35.9 Å². The second-order valence-electron chi connectivity index (χ2n) is 7.12. The molecule has 0 radical (unpaired) electrons. The number of amides is 1. The van der Waals surface area contributed by atoms with E-state index in [9.17, 15) is 22.4 Å². The molecule has 28 heavy (non-hydrogen) atoms. The molecule has 1 fully saturated rings. The number of benzene rings is 1. The largest absolute Gasteiger partial charge is 0.435 e. The first-order chi connectivity index (χ1) is 13.2. The fraction of sp³-hybridized carbons (Fsp3) is 0.474. The zero-order chi connectivity index (χ0) is 20.5. The van der Waals surface area contributed by atoms with Gasteiger partial charge in [0, 0.05) is 18.8 Å². The van der Waals surface area contributed by atoms with E-state index in [1.54, 1.807) is 0 Å². The Labute approximate surface area is 160 Å². The third-order valence-corrected chi connectivity index (χ3v) is 4.96. The van der Waals surface area contributed by atoms with E-state index in [1.807, 2.05) is 11.9 Å². The topological polar surface area (TPSA) is 50.2 Å². The average molecular weight is 398 g/mol. The summed E-state index contributed by atoms with van der Waals surface area (Å²) in [7, 11) is 1.91. The molecule has 9 heteroatoms. The molecule has 5 nitrogen and oxygen atoms in total. The summed E-state index contributed by atoms with van der Waals surface area (Å²) in [5.74, 6) is -1.27. The smallest absolute Gasteiger partial charge is 0.348 e. The number of hydrogen-bond acceptors (Lipinski definition) is 3. The zero-order valence-electron chi connectivity index (χ0n) is 15.7. The summed E-state index contributed by atoms with van der Waals surface area (Å²) in [6.07, 6.45) is -3.17. The maximum absolute atomic E-state index is 13.5. The van der Waals surface area contributed by atoms with Gasteiger partial charge in [0.2, 0.25) is 0 Å². The Morgan fingerprint density at radius 2 is 1.96 bits per heavy atom. The first-order valence-electron chi connectivity index (χ1n) is 9.04. The summed E-state index contributed by atoms with van der Waals surface area (Å²) in [4.78, 5) is 14.6. The molecule has 3 rings (SSSR count). The molecular formula is C19H22F4N4O. The van der Waals surface area contributed by atoms with Gasteiger partial charge in [-0.3, -0.25) is 9.48 Å². The van der Waals surface area contributed by atoms with Crippen molar-refractivity contribution in [3.05, 3.63) is 52.6 Å². The number of carbonyl (C=O) groups excluding carboxylic acids is 1. The Morgan fingerprint density at radius 1 is 1.29 bits per heavy atom. The molecule has 1 aliphatic heterocycles. The van der Waals surface area contributed by atoms with E-state index >= 15 is 0 Å². The molecule has 0 bridgehead atoms. The van der Waals surface area contributed by atoms with Crippen LogP contribution in [0.2, 0.25) is 0 Å². The predicted molar refractivity (Wildman–Crippen MR) is 95.3 cm³/mol. The van der Waals surface area contributed by atoms with Gasteiger partial charge in [0.25, 0.3) is 5.91 Å². The van der Waals surface area contributed by atoms with Crippen molar-refractivity contribution in [1.29, 1.82) is 0 Å². The number of likely N-dealkylation sites (tertiary alicyclic amines) is 1. The van der Waals surface area contributed by atoms with Gasteiger partial charge in [0.05, 0.1) is 11.6 Å². The Balaban J connectivity index is 1.87. The van der Waals surface area contributed by atoms with E-state index in [0.29, 0.717) is 18.5 Å². The lowest BCUT2D eigenvalue weighted by atomic mass is 10.1. The van der Waals surface area contributed by atoms with Crippen molar-refractivity contribution in [2.24, 2.45) is 0 Å². The van der Waals surface area contributed by atoms with Crippen LogP contribution in [-0.2, 0) is 12.7 Å². The summed E-state index contributed by atoms with van der Waals surface area (Å²) < 4.78 is 54.9. The summed E-state index contributed by atoms with van der Waals surface area (Å²) >= 11 is 0. The lowest BCUT2D eigenvalue weighted by Gasteiger charge is -2.30.